The SMILES string of the molecule is CCOc1ccc(C2C(S(=O)(=O)c3ccc(C)cc3)=C(O)C(=O)N2c2nc(C)c(C(=O)OC)s2)cc1OC. The first-order valence-electron chi connectivity index (χ1n) is 11.5. The zero-order chi connectivity index (χ0) is 27.8. The number of carbonyl (C=O) groups excluding carboxylic acids is 2. The monoisotopic (exact) mass is 558 g/mol. The minimum absolute atomic E-state index is 0.0198. The number of nitrogens with zero attached hydrogens (tertiary/aromatic N) is 2. The van der Waals surface area contributed by atoms with Crippen LogP contribution in [-0.4, -0.2) is 51.2 Å². The lowest BCUT2D eigenvalue weighted by Gasteiger charge is -2.25. The fraction of sp³-hybridized carbons (Fsp3) is 0.269. The summed E-state index contributed by atoms with van der Waals surface area (Å²) < 4.78 is 43.6. The summed E-state index contributed by atoms with van der Waals surface area (Å²) in [7, 11) is -1.71. The van der Waals surface area contributed by atoms with Crippen LogP contribution in [0.4, 0.5) is 5.13 Å². The van der Waals surface area contributed by atoms with E-state index in [0.29, 0.717) is 29.4 Å². The topological polar surface area (TPSA) is 132 Å². The molecule has 0 saturated heterocycles. The summed E-state index contributed by atoms with van der Waals surface area (Å²) in [6.07, 6.45) is 0. The Kier molecular flexibility index (Phi) is 7.47. The summed E-state index contributed by atoms with van der Waals surface area (Å²) in [6, 6.07) is 9.49. The normalized spacial score (nSPS) is 15.7. The quantitative estimate of drug-likeness (QED) is 0.402. The molecule has 1 aliphatic heterocycles. The molecular weight excluding hydrogens is 532 g/mol. The second kappa shape index (κ2) is 10.5. The molecule has 1 unspecified atom stereocenters. The van der Waals surface area contributed by atoms with E-state index >= 15 is 0 Å². The molecular formula is C26H26N2O8S2. The molecule has 1 aromatic heterocycles. The molecule has 0 radical (unpaired) electrons. The van der Waals surface area contributed by atoms with Crippen LogP contribution in [0.15, 0.2) is 58.0 Å². The molecule has 12 heteroatoms. The Balaban J connectivity index is 1.95. The maximum Gasteiger partial charge on any atom is 0.350 e. The van der Waals surface area contributed by atoms with Gasteiger partial charge in [0.2, 0.25) is 9.84 Å². The molecule has 1 aliphatic rings. The first kappa shape index (κ1) is 27.1. The molecule has 1 atom stereocenters. The maximum absolute atomic E-state index is 13.9. The maximum atomic E-state index is 13.9. The van der Waals surface area contributed by atoms with Crippen molar-refractivity contribution in [2.45, 2.75) is 31.7 Å². The van der Waals surface area contributed by atoms with E-state index in [4.69, 9.17) is 14.2 Å². The number of hydrogen-bond acceptors (Lipinski definition) is 10. The van der Waals surface area contributed by atoms with Crippen molar-refractivity contribution < 1.29 is 37.3 Å². The Morgan fingerprint density at radius 3 is 2.39 bits per heavy atom. The Labute approximate surface area is 224 Å². The van der Waals surface area contributed by atoms with Crippen molar-refractivity contribution in [2.75, 3.05) is 25.7 Å². The molecule has 2 aromatic carbocycles. The summed E-state index contributed by atoms with van der Waals surface area (Å²) >= 11 is 0.856. The van der Waals surface area contributed by atoms with Crippen LogP contribution in [0.25, 0.3) is 0 Å². The van der Waals surface area contributed by atoms with Gasteiger partial charge in [0.15, 0.2) is 22.4 Å². The summed E-state index contributed by atoms with van der Waals surface area (Å²) in [4.78, 5) is 30.7. The molecule has 3 aromatic rings. The number of aryl methyl sites for hydroxylation is 2. The summed E-state index contributed by atoms with van der Waals surface area (Å²) in [5.74, 6) is -1.83. The Morgan fingerprint density at radius 1 is 1.11 bits per heavy atom. The van der Waals surface area contributed by atoms with Crippen molar-refractivity contribution >= 4 is 38.2 Å². The molecule has 0 aliphatic carbocycles. The number of aromatic nitrogens is 1. The Bertz CT molecular complexity index is 1540. The fourth-order valence-electron chi connectivity index (χ4n) is 4.10. The van der Waals surface area contributed by atoms with Crippen LogP contribution in [0.1, 0.15) is 39.5 Å². The van der Waals surface area contributed by atoms with E-state index in [2.05, 4.69) is 4.98 Å². The second-order valence-electron chi connectivity index (χ2n) is 8.35. The lowest BCUT2D eigenvalue weighted by atomic mass is 10.1. The summed E-state index contributed by atoms with van der Waals surface area (Å²) in [5, 5.41) is 11.0. The average Bonchev–Trinajstić information content (AvgIpc) is 3.41. The van der Waals surface area contributed by atoms with Crippen molar-refractivity contribution in [1.82, 2.24) is 4.98 Å². The highest BCUT2D eigenvalue weighted by molar-refractivity contribution is 7.95. The van der Waals surface area contributed by atoms with Crippen LogP contribution >= 0.6 is 11.3 Å². The smallest absolute Gasteiger partial charge is 0.350 e. The number of rotatable bonds is 8. The van der Waals surface area contributed by atoms with Crippen LogP contribution < -0.4 is 14.4 Å². The van der Waals surface area contributed by atoms with Gasteiger partial charge in [0.25, 0.3) is 5.91 Å². The number of carbonyl (C=O) groups is 2. The number of amides is 1. The van der Waals surface area contributed by atoms with Gasteiger partial charge in [-0.2, -0.15) is 0 Å². The molecule has 4 rings (SSSR count). The van der Waals surface area contributed by atoms with E-state index in [1.165, 1.54) is 26.4 Å². The molecule has 1 N–H and O–H groups in total. The van der Waals surface area contributed by atoms with E-state index in [9.17, 15) is 23.1 Å². The second-order valence-corrected chi connectivity index (χ2v) is 11.2. The predicted molar refractivity (Wildman–Crippen MR) is 141 cm³/mol. The van der Waals surface area contributed by atoms with Gasteiger partial charge in [-0.05, 0) is 50.6 Å². The predicted octanol–water partition coefficient (Wildman–Crippen LogP) is 4.29. The Morgan fingerprint density at radius 2 is 1.79 bits per heavy atom. The van der Waals surface area contributed by atoms with Gasteiger partial charge in [-0.25, -0.2) is 18.2 Å². The number of aliphatic hydroxyl groups excluding tert-OH is 1. The standard InChI is InChI=1S/C26H26N2O8S2/c1-6-36-18-12-9-16(13-19(18)34-4)20-23(38(32,33)17-10-7-14(2)8-11-17)21(29)24(30)28(20)26-27-15(3)22(37-26)25(31)35-5/h7-13,20,29H,6H2,1-5H3. The van der Waals surface area contributed by atoms with Crippen LogP contribution in [0.5, 0.6) is 11.5 Å². The van der Waals surface area contributed by atoms with Crippen molar-refractivity contribution in [3.05, 3.63) is 74.8 Å². The van der Waals surface area contributed by atoms with Crippen molar-refractivity contribution in [2.24, 2.45) is 0 Å². The van der Waals surface area contributed by atoms with Crippen LogP contribution in [0.3, 0.4) is 0 Å². The first-order chi connectivity index (χ1) is 18.0. The zero-order valence-corrected chi connectivity index (χ0v) is 23.0. The van der Waals surface area contributed by atoms with Gasteiger partial charge >= 0.3 is 5.97 Å². The van der Waals surface area contributed by atoms with Crippen molar-refractivity contribution in [3.8, 4) is 11.5 Å². The van der Waals surface area contributed by atoms with Gasteiger partial charge in [0.05, 0.1) is 31.4 Å². The lowest BCUT2D eigenvalue weighted by Crippen LogP contribution is -2.31. The molecule has 0 spiro atoms. The third-order valence-corrected chi connectivity index (χ3v) is 8.97. The van der Waals surface area contributed by atoms with Crippen LogP contribution in [0.2, 0.25) is 0 Å². The third kappa shape index (κ3) is 4.61. The molecule has 1 amide bonds. The van der Waals surface area contributed by atoms with E-state index in [1.807, 2.05) is 6.92 Å². The highest BCUT2D eigenvalue weighted by atomic mass is 32.2. The van der Waals surface area contributed by atoms with E-state index in [1.54, 1.807) is 44.2 Å². The fourth-order valence-corrected chi connectivity index (χ4v) is 6.73. The minimum Gasteiger partial charge on any atom is -0.502 e. The lowest BCUT2D eigenvalue weighted by molar-refractivity contribution is -0.117. The van der Waals surface area contributed by atoms with E-state index in [0.717, 1.165) is 21.8 Å². The number of thiazole rings is 1. The van der Waals surface area contributed by atoms with Gasteiger partial charge in [0.1, 0.15) is 15.8 Å². The van der Waals surface area contributed by atoms with Crippen LogP contribution in [-0.2, 0) is 19.4 Å². The van der Waals surface area contributed by atoms with Crippen molar-refractivity contribution in [1.29, 1.82) is 0 Å². The third-order valence-electron chi connectivity index (χ3n) is 5.95. The zero-order valence-electron chi connectivity index (χ0n) is 21.3. The Hall–Kier alpha value is -3.90. The van der Waals surface area contributed by atoms with E-state index in [-0.39, 0.29) is 14.9 Å². The molecule has 200 valence electrons. The van der Waals surface area contributed by atoms with Gasteiger partial charge in [-0.1, -0.05) is 35.1 Å². The summed E-state index contributed by atoms with van der Waals surface area (Å²) in [5.41, 5.74) is 1.45. The van der Waals surface area contributed by atoms with Gasteiger partial charge in [0, 0.05) is 0 Å². The number of sulfone groups is 1. The summed E-state index contributed by atoms with van der Waals surface area (Å²) in [6.45, 7) is 5.55. The van der Waals surface area contributed by atoms with Crippen LogP contribution in [0, 0.1) is 13.8 Å². The van der Waals surface area contributed by atoms with E-state index < -0.39 is 38.4 Å². The molecule has 2 heterocycles. The molecule has 10 nitrogen and oxygen atoms in total. The van der Waals surface area contributed by atoms with Gasteiger partial charge in [-0.15, -0.1) is 0 Å². The number of anilines is 1. The van der Waals surface area contributed by atoms with Gasteiger partial charge < -0.3 is 19.3 Å². The number of ether oxygens (including phenoxy) is 3. The molecule has 0 bridgehead atoms. The minimum atomic E-state index is -4.36. The molecule has 0 fully saturated rings. The van der Waals surface area contributed by atoms with Crippen molar-refractivity contribution in [3.63, 3.8) is 0 Å². The van der Waals surface area contributed by atoms with Gasteiger partial charge in [-0.3, -0.25) is 9.69 Å². The number of benzene rings is 2. The number of esters is 1. The number of methoxy groups -OCH3 is 2. The first-order valence-corrected chi connectivity index (χ1v) is 13.8. The molecule has 38 heavy (non-hydrogen) atoms. The number of hydrogen-bond donors (Lipinski definition) is 1. The molecule has 0 saturated carbocycles. The highest BCUT2D eigenvalue weighted by Gasteiger charge is 2.49. The number of aliphatic hydroxyl groups is 1. The highest BCUT2D eigenvalue weighted by Crippen LogP contribution is 2.47. The average molecular weight is 559 g/mol. The largest absolute Gasteiger partial charge is 0.502 e.